The number of nitrogens with zero attached hydrogens (tertiary/aromatic N) is 2. The Morgan fingerprint density at radius 3 is 3.04 bits per heavy atom. The minimum absolute atomic E-state index is 0.102. The number of carbonyl (C=O) groups excluding carboxylic acids is 1. The van der Waals surface area contributed by atoms with Gasteiger partial charge in [0.05, 0.1) is 23.3 Å². The maximum Gasteiger partial charge on any atom is 0.377 e. The maximum atomic E-state index is 13.2. The van der Waals surface area contributed by atoms with Crippen LogP contribution in [0.15, 0.2) is 30.2 Å². The van der Waals surface area contributed by atoms with Crippen molar-refractivity contribution >= 4 is 32.7 Å². The van der Waals surface area contributed by atoms with Gasteiger partial charge in [0.1, 0.15) is 31.4 Å². The third kappa shape index (κ3) is 2.81. The molecule has 0 radical (unpaired) electrons. The lowest BCUT2D eigenvalue weighted by molar-refractivity contribution is -0.151. The summed E-state index contributed by atoms with van der Waals surface area (Å²) in [6.07, 6.45) is 1.07. The molecule has 120 valence electrons. The summed E-state index contributed by atoms with van der Waals surface area (Å²) in [5, 5.41) is 0.800. The minimum Gasteiger partial charge on any atom is -0.493 e. The minimum atomic E-state index is -0.513. The standard InChI is InChI=1S/C15H13FN2O4S/c16-9-1-2-11-13(5-9)23-15(17-11)18-6-10(7-18)22-14(19)12-8-20-3-4-21-12/h1-2,5,8,10H,3-4,6-7H2. The Labute approximate surface area is 135 Å². The monoisotopic (exact) mass is 336 g/mol. The van der Waals surface area contributed by atoms with Crippen molar-refractivity contribution in [2.24, 2.45) is 0 Å². The van der Waals surface area contributed by atoms with Crippen molar-refractivity contribution < 1.29 is 23.4 Å². The number of aromatic nitrogens is 1. The Morgan fingerprint density at radius 2 is 2.26 bits per heavy atom. The zero-order valence-electron chi connectivity index (χ0n) is 12.0. The first-order valence-electron chi connectivity index (χ1n) is 7.15. The van der Waals surface area contributed by atoms with E-state index in [1.165, 1.54) is 29.7 Å². The number of fused-ring (bicyclic) bond motifs is 1. The Bertz CT molecular complexity index is 785. The molecule has 1 saturated heterocycles. The third-order valence-electron chi connectivity index (χ3n) is 3.58. The van der Waals surface area contributed by atoms with Gasteiger partial charge in [0, 0.05) is 0 Å². The number of esters is 1. The van der Waals surface area contributed by atoms with Crippen LogP contribution in [0.4, 0.5) is 9.52 Å². The molecule has 0 saturated carbocycles. The van der Waals surface area contributed by atoms with E-state index in [9.17, 15) is 9.18 Å². The van der Waals surface area contributed by atoms with E-state index in [1.807, 2.05) is 4.90 Å². The number of hydrogen-bond acceptors (Lipinski definition) is 7. The molecule has 0 spiro atoms. The van der Waals surface area contributed by atoms with Crippen molar-refractivity contribution in [3.63, 3.8) is 0 Å². The van der Waals surface area contributed by atoms with Crippen LogP contribution in [-0.4, -0.2) is 43.4 Å². The predicted molar refractivity (Wildman–Crippen MR) is 81.7 cm³/mol. The van der Waals surface area contributed by atoms with E-state index < -0.39 is 5.97 Å². The summed E-state index contributed by atoms with van der Waals surface area (Å²) in [7, 11) is 0. The van der Waals surface area contributed by atoms with Gasteiger partial charge in [-0.05, 0) is 18.2 Å². The van der Waals surface area contributed by atoms with Crippen molar-refractivity contribution in [1.82, 2.24) is 4.98 Å². The summed E-state index contributed by atoms with van der Waals surface area (Å²) in [6, 6.07) is 4.53. The number of carbonyl (C=O) groups is 1. The van der Waals surface area contributed by atoms with Crippen molar-refractivity contribution in [1.29, 1.82) is 0 Å². The van der Waals surface area contributed by atoms with Gasteiger partial charge >= 0.3 is 5.97 Å². The quantitative estimate of drug-likeness (QED) is 0.800. The SMILES string of the molecule is O=C(OC1CN(c2nc3ccc(F)cc3s2)C1)C1=COCCO1. The fourth-order valence-electron chi connectivity index (χ4n) is 2.38. The molecule has 3 heterocycles. The lowest BCUT2D eigenvalue weighted by Crippen LogP contribution is -2.53. The second-order valence-corrected chi connectivity index (χ2v) is 6.25. The fourth-order valence-corrected chi connectivity index (χ4v) is 3.38. The molecule has 1 aromatic heterocycles. The molecule has 0 atom stereocenters. The summed E-state index contributed by atoms with van der Waals surface area (Å²) in [5.74, 6) is -0.683. The Kier molecular flexibility index (Phi) is 3.53. The molecule has 0 amide bonds. The average Bonchev–Trinajstić information content (AvgIpc) is 2.93. The van der Waals surface area contributed by atoms with Crippen LogP contribution in [0.5, 0.6) is 0 Å². The van der Waals surface area contributed by atoms with Crippen LogP contribution in [0.25, 0.3) is 10.2 Å². The molecule has 2 aliphatic rings. The van der Waals surface area contributed by atoms with Crippen molar-refractivity contribution in [2.75, 3.05) is 31.2 Å². The van der Waals surface area contributed by atoms with E-state index in [0.717, 1.165) is 15.3 Å². The molecule has 0 bridgehead atoms. The van der Waals surface area contributed by atoms with Gasteiger partial charge in [-0.2, -0.15) is 0 Å². The highest BCUT2D eigenvalue weighted by Crippen LogP contribution is 2.32. The number of rotatable bonds is 3. The topological polar surface area (TPSA) is 60.9 Å². The first kappa shape index (κ1) is 14.3. The van der Waals surface area contributed by atoms with E-state index in [1.54, 1.807) is 6.07 Å². The van der Waals surface area contributed by atoms with E-state index >= 15 is 0 Å². The van der Waals surface area contributed by atoms with Crippen molar-refractivity contribution in [2.45, 2.75) is 6.10 Å². The molecule has 0 N–H and O–H groups in total. The third-order valence-corrected chi connectivity index (χ3v) is 4.66. The average molecular weight is 336 g/mol. The molecule has 0 unspecified atom stereocenters. The molecule has 8 heteroatoms. The van der Waals surface area contributed by atoms with Gasteiger partial charge in [0.2, 0.25) is 5.76 Å². The van der Waals surface area contributed by atoms with Gasteiger partial charge in [-0.25, -0.2) is 14.2 Å². The number of anilines is 1. The first-order valence-corrected chi connectivity index (χ1v) is 7.97. The second-order valence-electron chi connectivity index (χ2n) is 5.24. The molecule has 2 aliphatic heterocycles. The van der Waals surface area contributed by atoms with Crippen LogP contribution in [0.1, 0.15) is 0 Å². The van der Waals surface area contributed by atoms with E-state index in [0.29, 0.717) is 26.3 Å². The molecular weight excluding hydrogens is 323 g/mol. The molecule has 23 heavy (non-hydrogen) atoms. The van der Waals surface area contributed by atoms with Crippen LogP contribution < -0.4 is 4.90 Å². The smallest absolute Gasteiger partial charge is 0.377 e. The first-order chi connectivity index (χ1) is 11.2. The van der Waals surface area contributed by atoms with Crippen molar-refractivity contribution in [3.8, 4) is 0 Å². The second kappa shape index (κ2) is 5.69. The maximum absolute atomic E-state index is 13.2. The largest absolute Gasteiger partial charge is 0.493 e. The molecule has 6 nitrogen and oxygen atoms in total. The highest BCUT2D eigenvalue weighted by Gasteiger charge is 2.33. The number of ether oxygens (including phenoxy) is 3. The lowest BCUT2D eigenvalue weighted by atomic mass is 10.2. The Balaban J connectivity index is 1.37. The number of thiazole rings is 1. The van der Waals surface area contributed by atoms with Crippen LogP contribution >= 0.6 is 11.3 Å². The van der Waals surface area contributed by atoms with E-state index in [2.05, 4.69) is 4.98 Å². The van der Waals surface area contributed by atoms with Crippen molar-refractivity contribution in [3.05, 3.63) is 36.0 Å². The van der Waals surface area contributed by atoms with Gasteiger partial charge in [0.15, 0.2) is 5.13 Å². The fraction of sp³-hybridized carbons (Fsp3) is 0.333. The van der Waals surface area contributed by atoms with Gasteiger partial charge in [-0.3, -0.25) is 0 Å². The normalized spacial score (nSPS) is 18.0. The number of benzene rings is 1. The van der Waals surface area contributed by atoms with Gasteiger partial charge < -0.3 is 19.1 Å². The van der Waals surface area contributed by atoms with E-state index in [4.69, 9.17) is 14.2 Å². The van der Waals surface area contributed by atoms with E-state index in [-0.39, 0.29) is 17.7 Å². The van der Waals surface area contributed by atoms with Crippen LogP contribution in [0.3, 0.4) is 0 Å². The lowest BCUT2D eigenvalue weighted by Gasteiger charge is -2.38. The van der Waals surface area contributed by atoms with Gasteiger partial charge in [0.25, 0.3) is 0 Å². The summed E-state index contributed by atoms with van der Waals surface area (Å²) in [4.78, 5) is 18.3. The Morgan fingerprint density at radius 1 is 1.39 bits per heavy atom. The summed E-state index contributed by atoms with van der Waals surface area (Å²) < 4.78 is 29.6. The van der Waals surface area contributed by atoms with Crippen LogP contribution in [0, 0.1) is 5.82 Å². The van der Waals surface area contributed by atoms with Gasteiger partial charge in [-0.15, -0.1) is 0 Å². The number of hydrogen-bond donors (Lipinski definition) is 0. The van der Waals surface area contributed by atoms with Crippen LogP contribution in [0.2, 0.25) is 0 Å². The number of halogens is 1. The summed E-state index contributed by atoms with van der Waals surface area (Å²) in [6.45, 7) is 1.90. The molecule has 2 aromatic rings. The summed E-state index contributed by atoms with van der Waals surface area (Å²) >= 11 is 1.42. The highest BCUT2D eigenvalue weighted by atomic mass is 32.1. The highest BCUT2D eigenvalue weighted by molar-refractivity contribution is 7.22. The zero-order chi connectivity index (χ0) is 15.8. The van der Waals surface area contributed by atoms with Crippen LogP contribution in [-0.2, 0) is 19.0 Å². The molecule has 1 fully saturated rings. The molecule has 1 aromatic carbocycles. The Hall–Kier alpha value is -2.35. The predicted octanol–water partition coefficient (Wildman–Crippen LogP) is 2.06. The summed E-state index contributed by atoms with van der Waals surface area (Å²) in [5.41, 5.74) is 0.768. The molecular formula is C15H13FN2O4S. The zero-order valence-corrected chi connectivity index (χ0v) is 12.8. The molecule has 0 aliphatic carbocycles. The van der Waals surface area contributed by atoms with Gasteiger partial charge in [-0.1, -0.05) is 11.3 Å². The molecule has 4 rings (SSSR count).